The Balaban J connectivity index is 2.56. The molecule has 1 aromatic rings. The van der Waals surface area contributed by atoms with Gasteiger partial charge in [0, 0.05) is 16.7 Å². The van der Waals surface area contributed by atoms with Gasteiger partial charge >= 0.3 is 0 Å². The fraction of sp³-hybridized carbons (Fsp3) is 0.400. The molecule has 0 bridgehead atoms. The Kier molecular flexibility index (Phi) is 6.37. The average Bonchev–Trinajstić information content (AvgIpc) is 2.29. The number of ether oxygens (including phenoxy) is 1. The van der Waals surface area contributed by atoms with Gasteiger partial charge in [0.15, 0.2) is 0 Å². The molecule has 0 saturated heterocycles. The van der Waals surface area contributed by atoms with Crippen LogP contribution in [0.15, 0.2) is 22.7 Å². The standard InChI is InChI=1S/C10H14BrClN2O3S/c11-9-7-8(1-2-10(9)12)14-18(15,16)6-5-17-4-3-13/h1-2,7,14H,3-6,13H2. The summed E-state index contributed by atoms with van der Waals surface area (Å²) in [5.74, 6) is -0.118. The molecular weight excluding hydrogens is 344 g/mol. The zero-order valence-corrected chi connectivity index (χ0v) is 12.7. The van der Waals surface area contributed by atoms with E-state index in [1.165, 1.54) is 0 Å². The second kappa shape index (κ2) is 7.30. The third-order valence-electron chi connectivity index (χ3n) is 1.95. The Labute approximate surface area is 120 Å². The SMILES string of the molecule is NCCOCCS(=O)(=O)Nc1ccc(Cl)c(Br)c1. The maximum absolute atomic E-state index is 11.7. The topological polar surface area (TPSA) is 81.4 Å². The van der Waals surface area contributed by atoms with Gasteiger partial charge in [0.2, 0.25) is 10.0 Å². The van der Waals surface area contributed by atoms with Crippen LogP contribution < -0.4 is 10.5 Å². The van der Waals surface area contributed by atoms with Crippen molar-refractivity contribution in [3.05, 3.63) is 27.7 Å². The van der Waals surface area contributed by atoms with Crippen molar-refractivity contribution in [2.24, 2.45) is 5.73 Å². The lowest BCUT2D eigenvalue weighted by molar-refractivity contribution is 0.157. The van der Waals surface area contributed by atoms with Gasteiger partial charge in [0.1, 0.15) is 0 Å². The van der Waals surface area contributed by atoms with E-state index >= 15 is 0 Å². The highest BCUT2D eigenvalue weighted by molar-refractivity contribution is 9.10. The number of anilines is 1. The van der Waals surface area contributed by atoms with Gasteiger partial charge in [0.05, 0.1) is 24.0 Å². The lowest BCUT2D eigenvalue weighted by Crippen LogP contribution is -2.21. The number of benzene rings is 1. The summed E-state index contributed by atoms with van der Waals surface area (Å²) in [5, 5.41) is 0.518. The second-order valence-corrected chi connectivity index (χ2v) is 6.55. The monoisotopic (exact) mass is 356 g/mol. The van der Waals surface area contributed by atoms with Crippen LogP contribution in [-0.2, 0) is 14.8 Å². The highest BCUT2D eigenvalue weighted by Gasteiger charge is 2.11. The van der Waals surface area contributed by atoms with Crippen LogP contribution in [-0.4, -0.2) is 33.9 Å². The van der Waals surface area contributed by atoms with E-state index in [0.717, 1.165) is 0 Å². The van der Waals surface area contributed by atoms with Crippen LogP contribution >= 0.6 is 27.5 Å². The number of nitrogens with two attached hydrogens (primary N) is 1. The quantitative estimate of drug-likeness (QED) is 0.729. The van der Waals surface area contributed by atoms with Crippen molar-refractivity contribution in [3.8, 4) is 0 Å². The molecule has 0 fully saturated rings. The first kappa shape index (κ1) is 15.7. The first-order valence-corrected chi connectivity index (χ1v) is 8.00. The van der Waals surface area contributed by atoms with Gasteiger partial charge in [-0.3, -0.25) is 4.72 Å². The Morgan fingerprint density at radius 3 is 2.72 bits per heavy atom. The third-order valence-corrected chi connectivity index (χ3v) is 4.42. The van der Waals surface area contributed by atoms with Crippen molar-refractivity contribution in [1.29, 1.82) is 0 Å². The van der Waals surface area contributed by atoms with Crippen LogP contribution in [0.3, 0.4) is 0 Å². The Bertz CT molecular complexity index is 496. The normalized spacial score (nSPS) is 11.5. The number of sulfonamides is 1. The summed E-state index contributed by atoms with van der Waals surface area (Å²) in [5.41, 5.74) is 5.67. The summed E-state index contributed by atoms with van der Waals surface area (Å²) >= 11 is 9.04. The van der Waals surface area contributed by atoms with Gasteiger partial charge < -0.3 is 10.5 Å². The minimum absolute atomic E-state index is 0.112. The van der Waals surface area contributed by atoms with Crippen LogP contribution in [0.2, 0.25) is 5.02 Å². The van der Waals surface area contributed by atoms with Crippen molar-refractivity contribution in [1.82, 2.24) is 0 Å². The average molecular weight is 358 g/mol. The summed E-state index contributed by atoms with van der Waals surface area (Å²) in [6.07, 6.45) is 0. The number of hydrogen-bond donors (Lipinski definition) is 2. The van der Waals surface area contributed by atoms with E-state index in [4.69, 9.17) is 22.1 Å². The van der Waals surface area contributed by atoms with Gasteiger partial charge in [-0.2, -0.15) is 0 Å². The maximum atomic E-state index is 11.7. The fourth-order valence-electron chi connectivity index (χ4n) is 1.14. The Hall–Kier alpha value is -0.340. The molecule has 0 aliphatic rings. The van der Waals surface area contributed by atoms with Crippen molar-refractivity contribution < 1.29 is 13.2 Å². The lowest BCUT2D eigenvalue weighted by atomic mass is 10.3. The largest absolute Gasteiger partial charge is 0.379 e. The summed E-state index contributed by atoms with van der Waals surface area (Å²) in [6, 6.07) is 4.79. The van der Waals surface area contributed by atoms with Crippen molar-refractivity contribution >= 4 is 43.2 Å². The predicted octanol–water partition coefficient (Wildman–Crippen LogP) is 1.82. The first-order chi connectivity index (χ1) is 8.44. The molecule has 0 spiro atoms. The molecule has 0 atom stereocenters. The molecule has 0 radical (unpaired) electrons. The van der Waals surface area contributed by atoms with E-state index in [9.17, 15) is 8.42 Å². The zero-order chi connectivity index (χ0) is 13.6. The van der Waals surface area contributed by atoms with Crippen LogP contribution in [0.4, 0.5) is 5.69 Å². The van der Waals surface area contributed by atoms with Gasteiger partial charge in [-0.1, -0.05) is 11.6 Å². The molecule has 18 heavy (non-hydrogen) atoms. The summed E-state index contributed by atoms with van der Waals surface area (Å²) in [4.78, 5) is 0. The number of hydrogen-bond acceptors (Lipinski definition) is 4. The van der Waals surface area contributed by atoms with Crippen LogP contribution in [0.1, 0.15) is 0 Å². The highest BCUT2D eigenvalue weighted by atomic mass is 79.9. The summed E-state index contributed by atoms with van der Waals surface area (Å²) < 4.78 is 31.5. The molecule has 0 heterocycles. The molecule has 1 aromatic carbocycles. The zero-order valence-electron chi connectivity index (χ0n) is 9.53. The fourth-order valence-corrected chi connectivity index (χ4v) is 2.57. The van der Waals surface area contributed by atoms with Crippen molar-refractivity contribution in [3.63, 3.8) is 0 Å². The van der Waals surface area contributed by atoms with E-state index in [-0.39, 0.29) is 12.4 Å². The smallest absolute Gasteiger partial charge is 0.235 e. The molecule has 0 unspecified atom stereocenters. The van der Waals surface area contributed by atoms with Gasteiger partial charge in [0.25, 0.3) is 0 Å². The van der Waals surface area contributed by atoms with Crippen LogP contribution in [0, 0.1) is 0 Å². The van der Waals surface area contributed by atoms with E-state index in [1.54, 1.807) is 18.2 Å². The van der Waals surface area contributed by atoms with Crippen molar-refractivity contribution in [2.75, 3.05) is 30.2 Å². The van der Waals surface area contributed by atoms with Crippen molar-refractivity contribution in [2.45, 2.75) is 0 Å². The molecule has 3 N–H and O–H groups in total. The van der Waals surface area contributed by atoms with Gasteiger partial charge in [-0.15, -0.1) is 0 Å². The molecule has 1 rings (SSSR count). The predicted molar refractivity (Wildman–Crippen MR) is 76.4 cm³/mol. The van der Waals surface area contributed by atoms with E-state index < -0.39 is 10.0 Å². The first-order valence-electron chi connectivity index (χ1n) is 5.18. The molecule has 0 aromatic heterocycles. The summed E-state index contributed by atoms with van der Waals surface area (Å²) in [6.45, 7) is 0.834. The molecule has 0 saturated carbocycles. The Morgan fingerprint density at radius 1 is 1.39 bits per heavy atom. The molecular formula is C10H14BrClN2O3S. The summed E-state index contributed by atoms with van der Waals surface area (Å²) in [7, 11) is -3.42. The molecule has 102 valence electrons. The molecule has 0 aliphatic carbocycles. The molecule has 0 aliphatic heterocycles. The minimum atomic E-state index is -3.42. The third kappa shape index (κ3) is 5.53. The lowest BCUT2D eigenvalue weighted by Gasteiger charge is -2.09. The maximum Gasteiger partial charge on any atom is 0.235 e. The van der Waals surface area contributed by atoms with E-state index in [1.807, 2.05) is 0 Å². The minimum Gasteiger partial charge on any atom is -0.379 e. The van der Waals surface area contributed by atoms with Crippen LogP contribution in [0.25, 0.3) is 0 Å². The highest BCUT2D eigenvalue weighted by Crippen LogP contribution is 2.25. The van der Waals surface area contributed by atoms with E-state index in [0.29, 0.717) is 28.3 Å². The molecule has 8 heteroatoms. The number of rotatable bonds is 7. The Morgan fingerprint density at radius 2 is 2.11 bits per heavy atom. The number of nitrogens with one attached hydrogen (secondary N) is 1. The molecule has 0 amide bonds. The van der Waals surface area contributed by atoms with Gasteiger partial charge in [-0.25, -0.2) is 8.42 Å². The molecule has 5 nitrogen and oxygen atoms in total. The second-order valence-electron chi connectivity index (χ2n) is 3.45. The number of halogens is 2. The van der Waals surface area contributed by atoms with Crippen LogP contribution in [0.5, 0.6) is 0 Å². The van der Waals surface area contributed by atoms with E-state index in [2.05, 4.69) is 20.7 Å². The van der Waals surface area contributed by atoms with Gasteiger partial charge in [-0.05, 0) is 34.1 Å².